The van der Waals surface area contributed by atoms with Crippen LogP contribution >= 0.6 is 11.6 Å². The van der Waals surface area contributed by atoms with Crippen molar-refractivity contribution in [1.82, 2.24) is 4.98 Å². The summed E-state index contributed by atoms with van der Waals surface area (Å²) in [5.74, 6) is -0.0169. The molecule has 0 bridgehead atoms. The lowest BCUT2D eigenvalue weighted by molar-refractivity contribution is -0.117. The van der Waals surface area contributed by atoms with Crippen LogP contribution < -0.4 is 5.73 Å². The number of ether oxygens (including phenoxy) is 1. The molecule has 1 heterocycles. The number of rotatable bonds is 8. The highest BCUT2D eigenvalue weighted by molar-refractivity contribution is 6.64. The lowest BCUT2D eigenvalue weighted by Gasteiger charge is -2.25. The molecule has 0 radical (unpaired) electrons. The Labute approximate surface area is 190 Å². The summed E-state index contributed by atoms with van der Waals surface area (Å²) in [4.78, 5) is 16.7. The van der Waals surface area contributed by atoms with Gasteiger partial charge < -0.3 is 10.5 Å². The molecule has 31 heavy (non-hydrogen) atoms. The van der Waals surface area contributed by atoms with Crippen LogP contribution in [0.1, 0.15) is 41.9 Å². The van der Waals surface area contributed by atoms with E-state index in [0.29, 0.717) is 19.1 Å². The quantitative estimate of drug-likeness (QED) is 0.559. The Balaban J connectivity index is 2.06. The van der Waals surface area contributed by atoms with Crippen LogP contribution in [0.5, 0.6) is 0 Å². The van der Waals surface area contributed by atoms with Crippen molar-refractivity contribution < 1.29 is 9.53 Å². The molecule has 5 heteroatoms. The first-order valence-corrected chi connectivity index (χ1v) is 11.1. The van der Waals surface area contributed by atoms with Gasteiger partial charge in [-0.2, -0.15) is 0 Å². The number of carbonyl (C=O) groups is 1. The fourth-order valence-corrected chi connectivity index (χ4v) is 4.19. The number of pyridine rings is 1. The molecular formula is C26H31ClN2O2. The van der Waals surface area contributed by atoms with E-state index < -0.39 is 17.3 Å². The Morgan fingerprint density at radius 3 is 2.42 bits per heavy atom. The van der Waals surface area contributed by atoms with Gasteiger partial charge in [-0.1, -0.05) is 68.0 Å². The van der Waals surface area contributed by atoms with Crippen LogP contribution in [0.2, 0.25) is 0 Å². The number of allylic oxidation sites excluding steroid dienone is 2. The Hall–Kier alpha value is -2.27. The number of nitrogens with zero attached hydrogens (tertiary/aromatic N) is 1. The molecule has 0 saturated carbocycles. The lowest BCUT2D eigenvalue weighted by atomic mass is 9.90. The van der Waals surface area contributed by atoms with E-state index in [1.54, 1.807) is 6.08 Å². The van der Waals surface area contributed by atoms with E-state index in [1.165, 1.54) is 5.56 Å². The summed E-state index contributed by atoms with van der Waals surface area (Å²) in [6, 6.07) is 8.46. The predicted molar refractivity (Wildman–Crippen MR) is 127 cm³/mol. The highest BCUT2D eigenvalue weighted by atomic mass is 35.5. The van der Waals surface area contributed by atoms with Gasteiger partial charge in [-0.05, 0) is 54.5 Å². The molecule has 0 aliphatic heterocycles. The van der Waals surface area contributed by atoms with E-state index in [-0.39, 0.29) is 0 Å². The highest BCUT2D eigenvalue weighted by Crippen LogP contribution is 2.34. The molecule has 1 aliphatic rings. The van der Waals surface area contributed by atoms with Crippen LogP contribution in [0.25, 0.3) is 11.1 Å². The molecule has 1 aromatic heterocycles. The van der Waals surface area contributed by atoms with Gasteiger partial charge in [0.05, 0.1) is 18.6 Å². The van der Waals surface area contributed by atoms with Gasteiger partial charge in [0.2, 0.25) is 5.24 Å². The number of benzene rings is 1. The normalized spacial score (nSPS) is 18.0. The number of hydrogen-bond acceptors (Lipinski definition) is 4. The van der Waals surface area contributed by atoms with Crippen molar-refractivity contribution in [2.75, 3.05) is 0 Å². The number of aryl methyl sites for hydroxylation is 2. The minimum atomic E-state index is -0.489. The molecule has 2 aromatic rings. The molecule has 1 aromatic carbocycles. The molecule has 0 amide bonds. The zero-order valence-corrected chi connectivity index (χ0v) is 19.4. The van der Waals surface area contributed by atoms with Gasteiger partial charge in [0.25, 0.3) is 0 Å². The molecule has 3 rings (SSSR count). The first-order valence-electron chi connectivity index (χ1n) is 10.8. The third-order valence-electron chi connectivity index (χ3n) is 5.60. The van der Waals surface area contributed by atoms with E-state index in [2.05, 4.69) is 45.0 Å². The SMILES string of the molecule is Cc1ccc(-c2c(COC3C=CC=CC3C(=O)Cl)c(C)nc(CC(C)C)c2CN)cc1. The fraction of sp³-hybridized carbons (Fsp3) is 0.385. The van der Waals surface area contributed by atoms with Crippen molar-refractivity contribution in [2.45, 2.75) is 53.4 Å². The molecule has 2 N–H and O–H groups in total. The van der Waals surface area contributed by atoms with E-state index in [9.17, 15) is 4.79 Å². The minimum Gasteiger partial charge on any atom is -0.368 e. The third kappa shape index (κ3) is 5.51. The standard InChI is InChI=1S/C26H31ClN2O2/c1-16(2)13-23-21(14-28)25(19-11-9-17(3)10-12-19)22(18(4)29-23)15-31-24-8-6-5-7-20(24)26(27)30/h5-12,16,20,24H,13-15,28H2,1-4H3. The van der Waals surface area contributed by atoms with Crippen molar-refractivity contribution in [3.63, 3.8) is 0 Å². The summed E-state index contributed by atoms with van der Waals surface area (Å²) in [7, 11) is 0. The monoisotopic (exact) mass is 438 g/mol. The van der Waals surface area contributed by atoms with Gasteiger partial charge in [-0.3, -0.25) is 9.78 Å². The maximum Gasteiger partial charge on any atom is 0.231 e. The van der Waals surface area contributed by atoms with E-state index in [4.69, 9.17) is 27.1 Å². The summed E-state index contributed by atoms with van der Waals surface area (Å²) in [6.45, 7) is 9.19. The zero-order chi connectivity index (χ0) is 22.5. The zero-order valence-electron chi connectivity index (χ0n) is 18.7. The van der Waals surface area contributed by atoms with Crippen molar-refractivity contribution in [3.05, 3.63) is 76.6 Å². The van der Waals surface area contributed by atoms with Gasteiger partial charge in [-0.25, -0.2) is 0 Å². The Morgan fingerprint density at radius 2 is 1.81 bits per heavy atom. The second kappa shape index (κ2) is 10.4. The second-order valence-electron chi connectivity index (χ2n) is 8.52. The van der Waals surface area contributed by atoms with E-state index >= 15 is 0 Å². The van der Waals surface area contributed by atoms with Gasteiger partial charge in [-0.15, -0.1) is 0 Å². The van der Waals surface area contributed by atoms with Crippen LogP contribution in [0, 0.1) is 25.7 Å². The first-order chi connectivity index (χ1) is 14.8. The summed E-state index contributed by atoms with van der Waals surface area (Å²) in [5, 5.41) is -0.422. The average molecular weight is 439 g/mol. The van der Waals surface area contributed by atoms with Crippen molar-refractivity contribution in [3.8, 4) is 11.1 Å². The number of aromatic nitrogens is 1. The van der Waals surface area contributed by atoms with Gasteiger partial charge in [0.15, 0.2) is 0 Å². The lowest BCUT2D eigenvalue weighted by Crippen LogP contribution is -2.27. The van der Waals surface area contributed by atoms with E-state index in [0.717, 1.165) is 40.1 Å². The Kier molecular flexibility index (Phi) is 7.82. The van der Waals surface area contributed by atoms with Crippen LogP contribution in [0.3, 0.4) is 0 Å². The first kappa shape index (κ1) is 23.4. The Morgan fingerprint density at radius 1 is 1.13 bits per heavy atom. The summed E-state index contributed by atoms with van der Waals surface area (Å²) in [6.07, 6.45) is 7.81. The largest absolute Gasteiger partial charge is 0.368 e. The average Bonchev–Trinajstić information content (AvgIpc) is 2.73. The maximum absolute atomic E-state index is 11.8. The van der Waals surface area contributed by atoms with Crippen LogP contribution in [-0.2, 0) is 29.1 Å². The molecule has 164 valence electrons. The second-order valence-corrected chi connectivity index (χ2v) is 8.89. The van der Waals surface area contributed by atoms with Crippen LogP contribution in [0.15, 0.2) is 48.6 Å². The molecule has 1 aliphatic carbocycles. The van der Waals surface area contributed by atoms with Crippen molar-refractivity contribution in [2.24, 2.45) is 17.6 Å². The number of halogens is 1. The third-order valence-corrected chi connectivity index (χ3v) is 5.86. The van der Waals surface area contributed by atoms with Crippen LogP contribution in [-0.4, -0.2) is 16.3 Å². The van der Waals surface area contributed by atoms with Crippen LogP contribution in [0.4, 0.5) is 0 Å². The Bertz CT molecular complexity index is 993. The topological polar surface area (TPSA) is 65.2 Å². The van der Waals surface area contributed by atoms with Gasteiger partial charge >= 0.3 is 0 Å². The molecule has 0 spiro atoms. The van der Waals surface area contributed by atoms with Crippen molar-refractivity contribution in [1.29, 1.82) is 0 Å². The van der Waals surface area contributed by atoms with E-state index in [1.807, 2.05) is 25.2 Å². The van der Waals surface area contributed by atoms with Gasteiger partial charge in [0.1, 0.15) is 0 Å². The summed E-state index contributed by atoms with van der Waals surface area (Å²) >= 11 is 5.79. The summed E-state index contributed by atoms with van der Waals surface area (Å²) < 4.78 is 6.21. The number of hydrogen-bond donors (Lipinski definition) is 1. The number of carbonyl (C=O) groups excluding carboxylic acids is 1. The smallest absolute Gasteiger partial charge is 0.231 e. The predicted octanol–water partition coefficient (Wildman–Crippen LogP) is 5.42. The number of nitrogens with two attached hydrogens (primary N) is 1. The minimum absolute atomic E-state index is 0.320. The van der Waals surface area contributed by atoms with Crippen molar-refractivity contribution >= 4 is 16.8 Å². The molecule has 4 nitrogen and oxygen atoms in total. The summed E-state index contributed by atoms with van der Waals surface area (Å²) in [5.41, 5.74) is 13.7. The van der Waals surface area contributed by atoms with Gasteiger partial charge in [0, 0.05) is 23.5 Å². The molecule has 0 saturated heterocycles. The highest BCUT2D eigenvalue weighted by Gasteiger charge is 2.26. The fourth-order valence-electron chi connectivity index (χ4n) is 4.00. The molecule has 2 atom stereocenters. The maximum atomic E-state index is 11.8. The molecule has 0 fully saturated rings. The molecular weight excluding hydrogens is 408 g/mol. The molecule has 2 unspecified atom stereocenters.